The maximum Gasteiger partial charge on any atom is 0.274 e. The monoisotopic (exact) mass is 459 g/mol. The lowest BCUT2D eigenvalue weighted by molar-refractivity contribution is 0.0723. The Bertz CT molecular complexity index is 1150. The van der Waals surface area contributed by atoms with E-state index >= 15 is 0 Å². The van der Waals surface area contributed by atoms with Crippen LogP contribution in [0.1, 0.15) is 28.5 Å². The van der Waals surface area contributed by atoms with Gasteiger partial charge in [0.2, 0.25) is 15.0 Å². The van der Waals surface area contributed by atoms with E-state index in [0.29, 0.717) is 13.2 Å². The van der Waals surface area contributed by atoms with Crippen molar-refractivity contribution in [2.45, 2.75) is 25.2 Å². The Balaban J connectivity index is 1.95. The lowest BCUT2D eigenvalue weighted by Gasteiger charge is -2.23. The summed E-state index contributed by atoms with van der Waals surface area (Å²) in [5, 5.41) is -0.455. The van der Waals surface area contributed by atoms with E-state index in [9.17, 15) is 13.2 Å². The van der Waals surface area contributed by atoms with Gasteiger partial charge >= 0.3 is 0 Å². The van der Waals surface area contributed by atoms with Gasteiger partial charge < -0.3 is 9.64 Å². The molecule has 0 aliphatic heterocycles. The zero-order valence-electron chi connectivity index (χ0n) is 17.2. The van der Waals surface area contributed by atoms with E-state index in [1.807, 2.05) is 61.5 Å². The number of halogens is 1. The maximum absolute atomic E-state index is 13.4. The molecular formula is C22H22ClN3O4S. The Labute approximate surface area is 186 Å². The van der Waals surface area contributed by atoms with Gasteiger partial charge in [-0.25, -0.2) is 18.4 Å². The highest BCUT2D eigenvalue weighted by atomic mass is 35.5. The predicted molar refractivity (Wildman–Crippen MR) is 118 cm³/mol. The third kappa shape index (κ3) is 6.02. The molecule has 0 N–H and O–H groups in total. The second-order valence-electron chi connectivity index (χ2n) is 6.85. The molecule has 0 saturated heterocycles. The van der Waals surface area contributed by atoms with Crippen molar-refractivity contribution in [3.05, 3.63) is 82.6 Å². The van der Waals surface area contributed by atoms with Gasteiger partial charge in [0.15, 0.2) is 5.69 Å². The molecule has 1 amide bonds. The minimum absolute atomic E-state index is 0.0119. The minimum Gasteiger partial charge on any atom is -0.494 e. The van der Waals surface area contributed by atoms with Crippen LogP contribution < -0.4 is 4.74 Å². The van der Waals surface area contributed by atoms with E-state index in [-0.39, 0.29) is 17.3 Å². The highest BCUT2D eigenvalue weighted by molar-refractivity contribution is 7.90. The fourth-order valence-electron chi connectivity index (χ4n) is 2.91. The Morgan fingerprint density at radius 3 is 2.23 bits per heavy atom. The zero-order chi connectivity index (χ0) is 22.4. The van der Waals surface area contributed by atoms with E-state index < -0.39 is 20.9 Å². The van der Waals surface area contributed by atoms with Crippen LogP contribution in [0.2, 0.25) is 5.02 Å². The van der Waals surface area contributed by atoms with Gasteiger partial charge in [0.25, 0.3) is 5.91 Å². The van der Waals surface area contributed by atoms with Gasteiger partial charge in [-0.15, -0.1) is 0 Å². The molecule has 0 spiro atoms. The number of benzene rings is 2. The van der Waals surface area contributed by atoms with Gasteiger partial charge in [-0.3, -0.25) is 4.79 Å². The minimum atomic E-state index is -3.69. The first-order valence-corrected chi connectivity index (χ1v) is 11.8. The molecule has 0 aliphatic carbocycles. The van der Waals surface area contributed by atoms with E-state index in [2.05, 4.69) is 9.97 Å². The van der Waals surface area contributed by atoms with Gasteiger partial charge in [0.05, 0.1) is 17.8 Å². The summed E-state index contributed by atoms with van der Waals surface area (Å²) in [6.45, 7) is 3.04. The molecule has 1 heterocycles. The highest BCUT2D eigenvalue weighted by Gasteiger charge is 2.24. The normalized spacial score (nSPS) is 11.2. The first kappa shape index (κ1) is 22.7. The summed E-state index contributed by atoms with van der Waals surface area (Å²) in [4.78, 5) is 22.6. The molecule has 3 aromatic rings. The number of amides is 1. The molecule has 0 saturated carbocycles. The molecule has 0 radical (unpaired) electrons. The number of ether oxygens (including phenoxy) is 1. The molecule has 1 aromatic heterocycles. The van der Waals surface area contributed by atoms with Crippen LogP contribution in [0.25, 0.3) is 0 Å². The SMILES string of the molecule is CCOc1ccc(CN(Cc2ccccc2)C(=O)c2nc(S(C)(=O)=O)ncc2Cl)cc1. The number of hydrogen-bond donors (Lipinski definition) is 0. The van der Waals surface area contributed by atoms with Crippen molar-refractivity contribution < 1.29 is 17.9 Å². The molecule has 7 nitrogen and oxygen atoms in total. The van der Waals surface area contributed by atoms with Crippen molar-refractivity contribution in [2.24, 2.45) is 0 Å². The van der Waals surface area contributed by atoms with Crippen molar-refractivity contribution in [3.63, 3.8) is 0 Å². The quantitative estimate of drug-likeness (QED) is 0.476. The third-order valence-corrected chi connectivity index (χ3v) is 5.50. The Kier molecular flexibility index (Phi) is 7.25. The smallest absolute Gasteiger partial charge is 0.274 e. The average Bonchev–Trinajstić information content (AvgIpc) is 2.74. The molecule has 2 aromatic carbocycles. The van der Waals surface area contributed by atoms with Crippen molar-refractivity contribution in [3.8, 4) is 5.75 Å². The van der Waals surface area contributed by atoms with E-state index in [4.69, 9.17) is 16.3 Å². The summed E-state index contributed by atoms with van der Waals surface area (Å²) >= 11 is 6.16. The largest absolute Gasteiger partial charge is 0.494 e. The number of carbonyl (C=O) groups excluding carboxylic acids is 1. The second kappa shape index (κ2) is 9.89. The molecule has 9 heteroatoms. The molecular weight excluding hydrogens is 438 g/mol. The van der Waals surface area contributed by atoms with E-state index in [0.717, 1.165) is 29.3 Å². The summed E-state index contributed by atoms with van der Waals surface area (Å²) in [6, 6.07) is 16.9. The summed E-state index contributed by atoms with van der Waals surface area (Å²) in [6.07, 6.45) is 2.11. The van der Waals surface area contributed by atoms with Crippen molar-refractivity contribution in [1.82, 2.24) is 14.9 Å². The van der Waals surface area contributed by atoms with Crippen molar-refractivity contribution in [2.75, 3.05) is 12.9 Å². The summed E-state index contributed by atoms with van der Waals surface area (Å²) in [7, 11) is -3.69. The van der Waals surface area contributed by atoms with Gasteiger partial charge in [0, 0.05) is 19.3 Å². The van der Waals surface area contributed by atoms with Crippen LogP contribution >= 0.6 is 11.6 Å². The van der Waals surface area contributed by atoms with Gasteiger partial charge in [-0.1, -0.05) is 54.1 Å². The average molecular weight is 460 g/mol. The van der Waals surface area contributed by atoms with Crippen LogP contribution in [0.15, 0.2) is 66.0 Å². The van der Waals surface area contributed by atoms with E-state index in [1.54, 1.807) is 4.90 Å². The fourth-order valence-corrected chi connectivity index (χ4v) is 3.58. The topological polar surface area (TPSA) is 89.5 Å². The number of aromatic nitrogens is 2. The number of rotatable bonds is 8. The van der Waals surface area contributed by atoms with Gasteiger partial charge in [-0.05, 0) is 30.2 Å². The standard InChI is InChI=1S/C22H22ClN3O4S/c1-3-30-18-11-9-17(10-12-18)15-26(14-16-7-5-4-6-8-16)21(27)20-19(23)13-24-22(25-20)31(2,28)29/h4-13H,3,14-15H2,1-2H3. The Morgan fingerprint density at radius 2 is 1.65 bits per heavy atom. The molecule has 0 atom stereocenters. The van der Waals surface area contributed by atoms with Gasteiger partial charge in [-0.2, -0.15) is 0 Å². The van der Waals surface area contributed by atoms with Crippen molar-refractivity contribution >= 4 is 27.3 Å². The second-order valence-corrected chi connectivity index (χ2v) is 9.16. The lowest BCUT2D eigenvalue weighted by atomic mass is 10.1. The summed E-state index contributed by atoms with van der Waals surface area (Å²) < 4.78 is 29.2. The number of nitrogens with zero attached hydrogens (tertiary/aromatic N) is 3. The molecule has 31 heavy (non-hydrogen) atoms. The van der Waals surface area contributed by atoms with Crippen LogP contribution in [-0.2, 0) is 22.9 Å². The van der Waals surface area contributed by atoms with Crippen LogP contribution in [0, 0.1) is 0 Å². The first-order valence-electron chi connectivity index (χ1n) is 9.55. The number of sulfone groups is 1. The molecule has 0 aliphatic rings. The van der Waals surface area contributed by atoms with Crippen LogP contribution in [-0.4, -0.2) is 42.1 Å². The molecule has 0 fully saturated rings. The Hall–Kier alpha value is -2.97. The Morgan fingerprint density at radius 1 is 1.03 bits per heavy atom. The molecule has 0 unspecified atom stereocenters. The molecule has 162 valence electrons. The van der Waals surface area contributed by atoms with Crippen molar-refractivity contribution in [1.29, 1.82) is 0 Å². The van der Waals surface area contributed by atoms with Gasteiger partial charge in [0.1, 0.15) is 5.75 Å². The fraction of sp³-hybridized carbons (Fsp3) is 0.227. The zero-order valence-corrected chi connectivity index (χ0v) is 18.7. The first-order chi connectivity index (χ1) is 14.8. The van der Waals surface area contributed by atoms with Crippen LogP contribution in [0.5, 0.6) is 5.75 Å². The van der Waals surface area contributed by atoms with Crippen LogP contribution in [0.3, 0.4) is 0 Å². The third-order valence-electron chi connectivity index (χ3n) is 4.37. The summed E-state index contributed by atoms with van der Waals surface area (Å²) in [5.74, 6) is 0.249. The predicted octanol–water partition coefficient (Wildman–Crippen LogP) is 3.77. The number of hydrogen-bond acceptors (Lipinski definition) is 6. The summed E-state index contributed by atoms with van der Waals surface area (Å²) in [5.41, 5.74) is 1.63. The maximum atomic E-state index is 13.4. The van der Waals surface area contributed by atoms with E-state index in [1.165, 1.54) is 0 Å². The molecule has 0 bridgehead atoms. The van der Waals surface area contributed by atoms with Crippen LogP contribution in [0.4, 0.5) is 0 Å². The lowest BCUT2D eigenvalue weighted by Crippen LogP contribution is -2.31. The number of carbonyl (C=O) groups is 1. The highest BCUT2D eigenvalue weighted by Crippen LogP contribution is 2.21. The molecule has 3 rings (SSSR count).